The van der Waals surface area contributed by atoms with Gasteiger partial charge >= 0.3 is 5.97 Å². The van der Waals surface area contributed by atoms with Crippen LogP contribution in [0, 0.1) is 17.1 Å². The van der Waals surface area contributed by atoms with Gasteiger partial charge in [-0.1, -0.05) is 13.8 Å². The van der Waals surface area contributed by atoms with Crippen molar-refractivity contribution in [2.45, 2.75) is 31.8 Å². The highest BCUT2D eigenvalue weighted by molar-refractivity contribution is 7.89. The Labute approximate surface area is 180 Å². The van der Waals surface area contributed by atoms with Crippen molar-refractivity contribution in [1.29, 1.82) is 5.26 Å². The van der Waals surface area contributed by atoms with Gasteiger partial charge in [-0.05, 0) is 49.4 Å². The fourth-order valence-corrected chi connectivity index (χ4v) is 4.23. The minimum absolute atomic E-state index is 0.138. The normalized spacial score (nSPS) is 12.1. The third-order valence-corrected chi connectivity index (χ3v) is 6.49. The highest BCUT2D eigenvalue weighted by Crippen LogP contribution is 2.21. The number of rotatable bonds is 8. The number of halogens is 1. The summed E-state index contributed by atoms with van der Waals surface area (Å²) in [6.07, 6.45) is -1.21. The zero-order valence-corrected chi connectivity index (χ0v) is 18.1. The quantitative estimate of drug-likeness (QED) is 0.622. The number of carbonyl (C=O) groups excluding carboxylic acids is 2. The molecule has 0 saturated carbocycles. The first-order valence-corrected chi connectivity index (χ1v) is 10.9. The number of amides is 1. The lowest BCUT2D eigenvalue weighted by Gasteiger charge is -2.19. The molecule has 0 spiro atoms. The number of hydrogen-bond donors (Lipinski definition) is 1. The van der Waals surface area contributed by atoms with Gasteiger partial charge in [-0.25, -0.2) is 17.6 Å². The maximum atomic E-state index is 14.2. The molecule has 31 heavy (non-hydrogen) atoms. The third kappa shape index (κ3) is 5.65. The van der Waals surface area contributed by atoms with E-state index in [0.29, 0.717) is 11.3 Å². The average Bonchev–Trinajstić information content (AvgIpc) is 2.74. The first-order valence-electron chi connectivity index (χ1n) is 9.45. The SMILES string of the molecule is CCN(CC)S(=O)(=O)c1cc(C(=O)O[C@@H](C)C(=O)Nc2ccc(C#N)cc2)ccc1F. The van der Waals surface area contributed by atoms with Crippen LogP contribution < -0.4 is 5.32 Å². The predicted octanol–water partition coefficient (Wildman–Crippen LogP) is 2.91. The first-order chi connectivity index (χ1) is 14.6. The Morgan fingerprint density at radius 3 is 2.32 bits per heavy atom. The van der Waals surface area contributed by atoms with Crippen molar-refractivity contribution in [3.63, 3.8) is 0 Å². The molecule has 164 valence electrons. The van der Waals surface area contributed by atoms with Crippen molar-refractivity contribution in [2.24, 2.45) is 0 Å². The van der Waals surface area contributed by atoms with Crippen molar-refractivity contribution < 1.29 is 27.1 Å². The molecule has 2 aromatic carbocycles. The van der Waals surface area contributed by atoms with Crippen LogP contribution in [0.25, 0.3) is 0 Å². The summed E-state index contributed by atoms with van der Waals surface area (Å²) < 4.78 is 45.6. The van der Waals surface area contributed by atoms with E-state index in [4.69, 9.17) is 10.00 Å². The number of ether oxygens (including phenoxy) is 1. The Kier molecular flexibility index (Phi) is 7.85. The van der Waals surface area contributed by atoms with Crippen LogP contribution in [-0.4, -0.2) is 43.8 Å². The van der Waals surface area contributed by atoms with Gasteiger partial charge in [0.15, 0.2) is 6.10 Å². The summed E-state index contributed by atoms with van der Waals surface area (Å²) in [5, 5.41) is 11.3. The van der Waals surface area contributed by atoms with E-state index in [1.807, 2.05) is 6.07 Å². The summed E-state index contributed by atoms with van der Waals surface area (Å²) in [6.45, 7) is 4.85. The van der Waals surface area contributed by atoms with Gasteiger partial charge < -0.3 is 10.1 Å². The van der Waals surface area contributed by atoms with Crippen LogP contribution in [0.5, 0.6) is 0 Å². The summed E-state index contributed by atoms with van der Waals surface area (Å²) in [5.41, 5.74) is 0.621. The lowest BCUT2D eigenvalue weighted by Crippen LogP contribution is -2.32. The van der Waals surface area contributed by atoms with Gasteiger partial charge in [-0.2, -0.15) is 9.57 Å². The van der Waals surface area contributed by atoms with E-state index >= 15 is 0 Å². The van der Waals surface area contributed by atoms with Crippen LogP contribution >= 0.6 is 0 Å². The molecule has 0 unspecified atom stereocenters. The number of hydrogen-bond acceptors (Lipinski definition) is 6. The van der Waals surface area contributed by atoms with Crippen molar-refractivity contribution in [3.8, 4) is 6.07 Å². The number of esters is 1. The van der Waals surface area contributed by atoms with E-state index in [1.165, 1.54) is 31.2 Å². The molecule has 0 aliphatic rings. The number of carbonyl (C=O) groups is 2. The molecule has 10 heteroatoms. The summed E-state index contributed by atoms with van der Waals surface area (Å²) in [6, 6.07) is 10.9. The van der Waals surface area contributed by atoms with Gasteiger partial charge in [0.05, 0.1) is 17.2 Å². The van der Waals surface area contributed by atoms with E-state index < -0.39 is 38.7 Å². The number of anilines is 1. The molecule has 0 fully saturated rings. The molecule has 2 rings (SSSR count). The standard InChI is InChI=1S/C21H22FN3O5S/c1-4-25(5-2)31(28,29)19-12-16(8-11-18(19)22)21(27)30-14(3)20(26)24-17-9-6-15(13-23)7-10-17/h6-12,14H,4-5H2,1-3H3,(H,24,26)/t14-/m0/s1. The van der Waals surface area contributed by atoms with E-state index in [-0.39, 0.29) is 18.7 Å². The van der Waals surface area contributed by atoms with Crippen molar-refractivity contribution in [2.75, 3.05) is 18.4 Å². The second kappa shape index (κ2) is 10.1. The van der Waals surface area contributed by atoms with E-state index in [9.17, 15) is 22.4 Å². The van der Waals surface area contributed by atoms with Gasteiger partial charge in [0.2, 0.25) is 10.0 Å². The van der Waals surface area contributed by atoms with Crippen LogP contribution in [0.2, 0.25) is 0 Å². The monoisotopic (exact) mass is 447 g/mol. The van der Waals surface area contributed by atoms with Gasteiger partial charge in [0.25, 0.3) is 5.91 Å². The zero-order chi connectivity index (χ0) is 23.2. The molecule has 1 amide bonds. The summed E-state index contributed by atoms with van der Waals surface area (Å²) in [4.78, 5) is 24.1. The summed E-state index contributed by atoms with van der Waals surface area (Å²) in [7, 11) is -4.13. The number of sulfonamides is 1. The van der Waals surface area contributed by atoms with E-state index in [2.05, 4.69) is 5.32 Å². The third-order valence-electron chi connectivity index (χ3n) is 4.42. The Bertz CT molecular complexity index is 1110. The zero-order valence-electron chi connectivity index (χ0n) is 17.3. The average molecular weight is 447 g/mol. The molecular formula is C21H22FN3O5S. The Balaban J connectivity index is 2.15. The molecule has 0 aliphatic carbocycles. The van der Waals surface area contributed by atoms with E-state index in [0.717, 1.165) is 22.5 Å². The van der Waals surface area contributed by atoms with Crippen LogP contribution in [0.4, 0.5) is 10.1 Å². The van der Waals surface area contributed by atoms with Crippen molar-refractivity contribution >= 4 is 27.6 Å². The van der Waals surface area contributed by atoms with Gasteiger partial charge in [-0.15, -0.1) is 0 Å². The Morgan fingerprint density at radius 1 is 1.16 bits per heavy atom. The molecule has 0 radical (unpaired) electrons. The smallest absolute Gasteiger partial charge is 0.338 e. The number of nitriles is 1. The minimum atomic E-state index is -4.13. The second-order valence-electron chi connectivity index (χ2n) is 6.46. The van der Waals surface area contributed by atoms with Crippen LogP contribution in [0.3, 0.4) is 0 Å². The summed E-state index contributed by atoms with van der Waals surface area (Å²) in [5.74, 6) is -2.59. The molecular weight excluding hydrogens is 425 g/mol. The second-order valence-corrected chi connectivity index (χ2v) is 8.37. The number of nitrogens with zero attached hydrogens (tertiary/aromatic N) is 2. The topological polar surface area (TPSA) is 117 Å². The molecule has 0 bridgehead atoms. The summed E-state index contributed by atoms with van der Waals surface area (Å²) >= 11 is 0. The maximum absolute atomic E-state index is 14.2. The van der Waals surface area contributed by atoms with Crippen molar-refractivity contribution in [1.82, 2.24) is 4.31 Å². The highest BCUT2D eigenvalue weighted by Gasteiger charge is 2.27. The fourth-order valence-electron chi connectivity index (χ4n) is 2.68. The van der Waals surface area contributed by atoms with Gasteiger partial charge in [0, 0.05) is 18.8 Å². The van der Waals surface area contributed by atoms with Gasteiger partial charge in [0.1, 0.15) is 10.7 Å². The lowest BCUT2D eigenvalue weighted by atomic mass is 10.2. The van der Waals surface area contributed by atoms with Crippen LogP contribution in [0.15, 0.2) is 47.4 Å². The van der Waals surface area contributed by atoms with Crippen molar-refractivity contribution in [3.05, 3.63) is 59.4 Å². The number of nitrogens with one attached hydrogen (secondary N) is 1. The molecule has 0 saturated heterocycles. The highest BCUT2D eigenvalue weighted by atomic mass is 32.2. The Morgan fingerprint density at radius 2 is 1.77 bits per heavy atom. The molecule has 0 aromatic heterocycles. The molecule has 0 heterocycles. The minimum Gasteiger partial charge on any atom is -0.449 e. The fraction of sp³-hybridized carbons (Fsp3) is 0.286. The predicted molar refractivity (Wildman–Crippen MR) is 111 cm³/mol. The van der Waals surface area contributed by atoms with Gasteiger partial charge in [-0.3, -0.25) is 4.79 Å². The molecule has 1 N–H and O–H groups in total. The molecule has 1 atom stereocenters. The molecule has 0 aliphatic heterocycles. The van der Waals surface area contributed by atoms with Crippen LogP contribution in [-0.2, 0) is 19.6 Å². The van der Waals surface area contributed by atoms with E-state index in [1.54, 1.807) is 13.8 Å². The van der Waals surface area contributed by atoms with Crippen LogP contribution in [0.1, 0.15) is 36.7 Å². The number of benzene rings is 2. The maximum Gasteiger partial charge on any atom is 0.338 e. The largest absolute Gasteiger partial charge is 0.449 e. The molecule has 2 aromatic rings. The Hall–Kier alpha value is -3.29. The molecule has 8 nitrogen and oxygen atoms in total. The first kappa shape index (κ1) is 24.0. The lowest BCUT2D eigenvalue weighted by molar-refractivity contribution is -0.123.